The Labute approximate surface area is 152 Å². The maximum atomic E-state index is 12.4. The summed E-state index contributed by atoms with van der Waals surface area (Å²) in [6.07, 6.45) is 8.81. The summed E-state index contributed by atoms with van der Waals surface area (Å²) in [5, 5.41) is 10.9. The van der Waals surface area contributed by atoms with E-state index in [-0.39, 0.29) is 11.5 Å². The van der Waals surface area contributed by atoms with E-state index < -0.39 is 5.66 Å². The first-order chi connectivity index (χ1) is 12.6. The normalized spacial score (nSPS) is 13.8. The Balaban J connectivity index is 1.59. The van der Waals surface area contributed by atoms with E-state index in [0.717, 1.165) is 5.56 Å². The summed E-state index contributed by atoms with van der Waals surface area (Å²) < 4.78 is 1.53. The maximum absolute atomic E-state index is 12.4. The highest BCUT2D eigenvalue weighted by Crippen LogP contribution is 2.35. The fraction of sp³-hybridized carbons (Fsp3) is 0.300. The van der Waals surface area contributed by atoms with Crippen molar-refractivity contribution in [3.8, 4) is 12.3 Å². The van der Waals surface area contributed by atoms with Gasteiger partial charge in [-0.15, -0.1) is 12.3 Å². The Hall–Kier alpha value is -3.20. The van der Waals surface area contributed by atoms with Gasteiger partial charge in [-0.25, -0.2) is 0 Å². The Kier molecular flexibility index (Phi) is 5.28. The van der Waals surface area contributed by atoms with E-state index in [9.17, 15) is 9.59 Å². The third kappa shape index (κ3) is 4.45. The van der Waals surface area contributed by atoms with Gasteiger partial charge < -0.3 is 9.88 Å². The van der Waals surface area contributed by atoms with Crippen LogP contribution in [-0.2, 0) is 6.54 Å². The van der Waals surface area contributed by atoms with Crippen molar-refractivity contribution in [1.82, 2.24) is 9.88 Å². The molecule has 1 aliphatic heterocycles. The topological polar surface area (TPSA) is 75.8 Å². The van der Waals surface area contributed by atoms with Crippen LogP contribution in [0.5, 0.6) is 0 Å². The lowest BCUT2D eigenvalue weighted by molar-refractivity contribution is 0.0951. The van der Waals surface area contributed by atoms with Crippen LogP contribution in [0, 0.1) is 12.3 Å². The lowest BCUT2D eigenvalue weighted by Crippen LogP contribution is -2.30. The minimum Gasteiger partial charge on any atom is -0.352 e. The van der Waals surface area contributed by atoms with Gasteiger partial charge in [0.05, 0.1) is 12.1 Å². The number of hydrogen-bond acceptors (Lipinski definition) is 4. The number of nitrogens with one attached hydrogen (secondary N) is 1. The summed E-state index contributed by atoms with van der Waals surface area (Å²) in [4.78, 5) is 24.4. The van der Waals surface area contributed by atoms with Gasteiger partial charge in [-0.3, -0.25) is 9.59 Å². The zero-order valence-corrected chi connectivity index (χ0v) is 14.4. The van der Waals surface area contributed by atoms with Crippen LogP contribution in [-0.4, -0.2) is 22.7 Å². The highest BCUT2D eigenvalue weighted by Gasteiger charge is 2.38. The molecular formula is C20H20N4O2. The molecule has 1 aromatic carbocycles. The molecule has 0 bridgehead atoms. The summed E-state index contributed by atoms with van der Waals surface area (Å²) in [5.41, 5.74) is 0.892. The fourth-order valence-electron chi connectivity index (χ4n) is 2.72. The van der Waals surface area contributed by atoms with Gasteiger partial charge in [0.1, 0.15) is 0 Å². The van der Waals surface area contributed by atoms with Crippen molar-refractivity contribution in [1.29, 1.82) is 0 Å². The van der Waals surface area contributed by atoms with Gasteiger partial charge in [-0.1, -0.05) is 30.3 Å². The number of amides is 1. The van der Waals surface area contributed by atoms with Crippen LogP contribution in [0.4, 0.5) is 0 Å². The zero-order chi connectivity index (χ0) is 18.4. The molecule has 1 N–H and O–H groups in total. The molecule has 1 aromatic heterocycles. The fourth-order valence-corrected chi connectivity index (χ4v) is 2.72. The van der Waals surface area contributed by atoms with Crippen LogP contribution in [0.25, 0.3) is 0 Å². The van der Waals surface area contributed by atoms with Crippen molar-refractivity contribution in [2.24, 2.45) is 10.2 Å². The van der Waals surface area contributed by atoms with E-state index >= 15 is 0 Å². The average Bonchev–Trinajstić information content (AvgIpc) is 3.42. The van der Waals surface area contributed by atoms with Crippen LogP contribution in [0.2, 0.25) is 0 Å². The van der Waals surface area contributed by atoms with Gasteiger partial charge in [0.15, 0.2) is 5.66 Å². The number of pyridine rings is 1. The van der Waals surface area contributed by atoms with Crippen molar-refractivity contribution in [3.05, 3.63) is 70.1 Å². The van der Waals surface area contributed by atoms with E-state index in [1.807, 2.05) is 30.3 Å². The number of rotatable bonds is 8. The van der Waals surface area contributed by atoms with E-state index in [1.54, 1.807) is 12.3 Å². The molecular weight excluding hydrogens is 328 g/mol. The van der Waals surface area contributed by atoms with Crippen LogP contribution in [0.3, 0.4) is 0 Å². The quantitative estimate of drug-likeness (QED) is 0.745. The van der Waals surface area contributed by atoms with Gasteiger partial charge in [0.2, 0.25) is 0 Å². The first kappa shape index (κ1) is 17.6. The number of hydrogen-bond donors (Lipinski definition) is 1. The SMILES string of the molecule is C#CCCC1(CCNC(=O)c2ccc(=O)n(Cc3ccccc3)c2)N=N1. The lowest BCUT2D eigenvalue weighted by Gasteiger charge is -2.11. The zero-order valence-electron chi connectivity index (χ0n) is 14.4. The molecule has 2 aromatic rings. The molecule has 0 atom stereocenters. The largest absolute Gasteiger partial charge is 0.352 e. The Bertz CT molecular complexity index is 903. The van der Waals surface area contributed by atoms with E-state index in [0.29, 0.717) is 37.9 Å². The molecule has 1 aliphatic rings. The molecule has 0 unspecified atom stereocenters. The molecule has 0 saturated heterocycles. The van der Waals surface area contributed by atoms with Crippen LogP contribution in [0.15, 0.2) is 63.7 Å². The summed E-state index contributed by atoms with van der Waals surface area (Å²) >= 11 is 0. The molecule has 0 aliphatic carbocycles. The molecule has 0 spiro atoms. The molecule has 0 radical (unpaired) electrons. The van der Waals surface area contributed by atoms with Crippen molar-refractivity contribution in [2.75, 3.05) is 6.54 Å². The van der Waals surface area contributed by atoms with Gasteiger partial charge in [-0.05, 0) is 11.6 Å². The van der Waals surface area contributed by atoms with E-state index in [1.165, 1.54) is 10.6 Å². The second-order valence-electron chi connectivity index (χ2n) is 6.26. The van der Waals surface area contributed by atoms with Crippen LogP contribution >= 0.6 is 0 Å². The molecule has 0 saturated carbocycles. The number of terminal acetylenes is 1. The average molecular weight is 348 g/mol. The molecule has 6 nitrogen and oxygen atoms in total. The van der Waals surface area contributed by atoms with Gasteiger partial charge in [0, 0.05) is 38.1 Å². The minimum absolute atomic E-state index is 0.144. The van der Waals surface area contributed by atoms with E-state index in [2.05, 4.69) is 21.5 Å². The predicted molar refractivity (Wildman–Crippen MR) is 98.9 cm³/mol. The third-order valence-electron chi connectivity index (χ3n) is 4.30. The highest BCUT2D eigenvalue weighted by molar-refractivity contribution is 5.93. The van der Waals surface area contributed by atoms with Crippen molar-refractivity contribution in [3.63, 3.8) is 0 Å². The Morgan fingerprint density at radius 3 is 2.62 bits per heavy atom. The molecule has 6 heteroatoms. The van der Waals surface area contributed by atoms with Crippen molar-refractivity contribution < 1.29 is 4.79 Å². The summed E-state index contributed by atoms with van der Waals surface area (Å²) in [7, 11) is 0. The Morgan fingerprint density at radius 1 is 1.15 bits per heavy atom. The van der Waals surface area contributed by atoms with Gasteiger partial charge in [-0.2, -0.15) is 10.2 Å². The first-order valence-electron chi connectivity index (χ1n) is 8.52. The monoisotopic (exact) mass is 348 g/mol. The second kappa shape index (κ2) is 7.79. The molecule has 132 valence electrons. The number of carbonyl (C=O) groups is 1. The second-order valence-corrected chi connectivity index (χ2v) is 6.26. The molecule has 26 heavy (non-hydrogen) atoms. The number of nitrogens with zero attached hydrogens (tertiary/aromatic N) is 3. The predicted octanol–water partition coefficient (Wildman–Crippen LogP) is 2.59. The van der Waals surface area contributed by atoms with Crippen LogP contribution in [0.1, 0.15) is 35.2 Å². The standard InChI is InChI=1S/C20H20N4O2/c1-2-3-11-20(22-23-20)12-13-21-19(26)17-9-10-18(25)24(15-17)14-16-7-5-4-6-8-16/h1,4-10,15H,3,11-14H2,(H,21,26). The Morgan fingerprint density at radius 2 is 1.92 bits per heavy atom. The highest BCUT2D eigenvalue weighted by atomic mass is 16.2. The molecule has 3 rings (SSSR count). The first-order valence-corrected chi connectivity index (χ1v) is 8.52. The summed E-state index contributed by atoms with van der Waals surface area (Å²) in [6.45, 7) is 0.877. The van der Waals surface area contributed by atoms with Crippen LogP contribution < -0.4 is 10.9 Å². The maximum Gasteiger partial charge on any atom is 0.252 e. The molecule has 0 fully saturated rings. The summed E-state index contributed by atoms with van der Waals surface area (Å²) in [6, 6.07) is 12.6. The minimum atomic E-state index is -0.411. The molecule has 1 amide bonds. The van der Waals surface area contributed by atoms with Crippen molar-refractivity contribution in [2.45, 2.75) is 31.5 Å². The van der Waals surface area contributed by atoms with Gasteiger partial charge >= 0.3 is 0 Å². The number of benzene rings is 1. The van der Waals surface area contributed by atoms with Crippen molar-refractivity contribution >= 4 is 5.91 Å². The third-order valence-corrected chi connectivity index (χ3v) is 4.30. The molecule has 2 heterocycles. The summed E-state index contributed by atoms with van der Waals surface area (Å²) in [5.74, 6) is 2.36. The van der Waals surface area contributed by atoms with Gasteiger partial charge in [0.25, 0.3) is 11.5 Å². The smallest absolute Gasteiger partial charge is 0.252 e. The lowest BCUT2D eigenvalue weighted by atomic mass is 10.0. The number of carbonyl (C=O) groups excluding carboxylic acids is 1. The van der Waals surface area contributed by atoms with E-state index in [4.69, 9.17) is 6.42 Å². The number of aromatic nitrogens is 1.